The minimum atomic E-state index is -0.660. The molecule has 0 saturated heterocycles. The smallest absolute Gasteiger partial charge is 0.305 e. The van der Waals surface area contributed by atoms with Crippen LogP contribution in [-0.4, -0.2) is 47.4 Å². The van der Waals surface area contributed by atoms with Gasteiger partial charge in [0.05, 0.1) is 25.4 Å². The van der Waals surface area contributed by atoms with E-state index in [0.717, 1.165) is 38.5 Å². The van der Waals surface area contributed by atoms with Crippen molar-refractivity contribution in [1.82, 2.24) is 5.32 Å². The van der Waals surface area contributed by atoms with Gasteiger partial charge in [-0.3, -0.25) is 9.59 Å². The molecule has 0 saturated carbocycles. The van der Waals surface area contributed by atoms with Crippen LogP contribution in [0.3, 0.4) is 0 Å². The summed E-state index contributed by atoms with van der Waals surface area (Å²) in [6.07, 6.45) is 86.0. The zero-order valence-electron chi connectivity index (χ0n) is 54.9. The maximum Gasteiger partial charge on any atom is 0.305 e. The van der Waals surface area contributed by atoms with Crippen LogP contribution in [0.25, 0.3) is 0 Å². The summed E-state index contributed by atoms with van der Waals surface area (Å²) in [5.74, 6) is -0.00120. The maximum absolute atomic E-state index is 12.5. The zero-order chi connectivity index (χ0) is 57.8. The van der Waals surface area contributed by atoms with Gasteiger partial charge < -0.3 is 20.3 Å². The van der Waals surface area contributed by atoms with Crippen molar-refractivity contribution in [2.75, 3.05) is 13.2 Å². The fourth-order valence-corrected chi connectivity index (χ4v) is 12.2. The Bertz CT molecular complexity index is 1160. The number of aliphatic hydroxyl groups excluding tert-OH is 2. The molecule has 6 nitrogen and oxygen atoms in total. The summed E-state index contributed by atoms with van der Waals surface area (Å²) in [4.78, 5) is 24.6. The molecule has 0 spiro atoms. The first-order valence-electron chi connectivity index (χ1n) is 37.3. The highest BCUT2D eigenvalue weighted by molar-refractivity contribution is 5.76. The van der Waals surface area contributed by atoms with E-state index < -0.39 is 12.1 Å². The van der Waals surface area contributed by atoms with E-state index in [-0.39, 0.29) is 18.5 Å². The van der Waals surface area contributed by atoms with Crippen LogP contribution in [-0.2, 0) is 14.3 Å². The lowest BCUT2D eigenvalue weighted by molar-refractivity contribution is -0.143. The second-order valence-electron chi connectivity index (χ2n) is 26.0. The van der Waals surface area contributed by atoms with Crippen molar-refractivity contribution in [3.05, 3.63) is 0 Å². The second-order valence-corrected chi connectivity index (χ2v) is 26.0. The van der Waals surface area contributed by atoms with Gasteiger partial charge >= 0.3 is 5.97 Å². The van der Waals surface area contributed by atoms with Crippen molar-refractivity contribution in [2.24, 2.45) is 0 Å². The molecular weight excluding hydrogens is 983 g/mol. The lowest BCUT2D eigenvalue weighted by atomic mass is 10.0. The van der Waals surface area contributed by atoms with Crippen molar-refractivity contribution in [1.29, 1.82) is 0 Å². The summed E-state index contributed by atoms with van der Waals surface area (Å²) >= 11 is 0. The van der Waals surface area contributed by atoms with Gasteiger partial charge in [-0.2, -0.15) is 0 Å². The minimum absolute atomic E-state index is 0.0255. The van der Waals surface area contributed by atoms with Gasteiger partial charge in [0.15, 0.2) is 0 Å². The normalized spacial score (nSPS) is 12.4. The number of carbonyl (C=O) groups excluding carboxylic acids is 2. The first-order valence-corrected chi connectivity index (χ1v) is 37.3. The van der Waals surface area contributed by atoms with Crippen molar-refractivity contribution < 1.29 is 24.5 Å². The number of hydrogen-bond acceptors (Lipinski definition) is 5. The van der Waals surface area contributed by atoms with Gasteiger partial charge in [-0.05, 0) is 25.7 Å². The van der Waals surface area contributed by atoms with Crippen molar-refractivity contribution in [2.45, 2.75) is 450 Å². The van der Waals surface area contributed by atoms with E-state index in [2.05, 4.69) is 19.2 Å². The first kappa shape index (κ1) is 78.9. The van der Waals surface area contributed by atoms with Crippen LogP contribution < -0.4 is 5.32 Å². The van der Waals surface area contributed by atoms with Gasteiger partial charge in [0.2, 0.25) is 5.91 Å². The van der Waals surface area contributed by atoms with E-state index in [1.807, 2.05) is 0 Å². The van der Waals surface area contributed by atoms with Gasteiger partial charge in [0.25, 0.3) is 0 Å². The lowest BCUT2D eigenvalue weighted by Crippen LogP contribution is -2.45. The van der Waals surface area contributed by atoms with E-state index >= 15 is 0 Å². The predicted molar refractivity (Wildman–Crippen MR) is 352 cm³/mol. The molecule has 1 amide bonds. The summed E-state index contributed by atoms with van der Waals surface area (Å²) in [6, 6.07) is -0.537. The summed E-state index contributed by atoms with van der Waals surface area (Å²) < 4.78 is 5.51. The van der Waals surface area contributed by atoms with Gasteiger partial charge in [-0.15, -0.1) is 0 Å². The summed E-state index contributed by atoms with van der Waals surface area (Å²) in [7, 11) is 0. The number of hydrogen-bond donors (Lipinski definition) is 3. The summed E-state index contributed by atoms with van der Waals surface area (Å²) in [5.41, 5.74) is 0. The number of ether oxygens (including phenoxy) is 1. The molecule has 0 aliphatic rings. The fraction of sp³-hybridized carbons (Fsp3) is 0.973. The number of unbranched alkanes of at least 4 members (excludes halogenated alkanes) is 60. The third-order valence-corrected chi connectivity index (χ3v) is 17.9. The van der Waals surface area contributed by atoms with E-state index in [4.69, 9.17) is 4.74 Å². The average molecular weight is 1130 g/mol. The molecule has 0 aromatic carbocycles. The van der Waals surface area contributed by atoms with E-state index in [1.165, 1.54) is 366 Å². The topological polar surface area (TPSA) is 95.9 Å². The molecule has 0 heterocycles. The molecule has 80 heavy (non-hydrogen) atoms. The highest BCUT2D eigenvalue weighted by atomic mass is 16.5. The lowest BCUT2D eigenvalue weighted by Gasteiger charge is -2.22. The van der Waals surface area contributed by atoms with Crippen molar-refractivity contribution in [3.63, 3.8) is 0 Å². The number of nitrogens with one attached hydrogen (secondary N) is 1. The largest absolute Gasteiger partial charge is 0.466 e. The van der Waals surface area contributed by atoms with Crippen LogP contribution in [0, 0.1) is 0 Å². The number of amides is 1. The van der Waals surface area contributed by atoms with Crippen LogP contribution in [0.1, 0.15) is 438 Å². The highest BCUT2D eigenvalue weighted by Crippen LogP contribution is 2.20. The van der Waals surface area contributed by atoms with Crippen LogP contribution >= 0.6 is 0 Å². The van der Waals surface area contributed by atoms with Crippen molar-refractivity contribution >= 4 is 11.9 Å². The van der Waals surface area contributed by atoms with Crippen LogP contribution in [0.15, 0.2) is 0 Å². The molecule has 478 valence electrons. The van der Waals surface area contributed by atoms with Gasteiger partial charge in [-0.25, -0.2) is 0 Å². The van der Waals surface area contributed by atoms with E-state index in [1.54, 1.807) is 0 Å². The Balaban J connectivity index is 3.30. The molecule has 0 radical (unpaired) electrons. The number of esters is 1. The molecular formula is C74H147NO5. The molecule has 0 aliphatic carbocycles. The molecule has 2 atom stereocenters. The Morgan fingerprint density at radius 2 is 0.512 bits per heavy atom. The molecule has 0 aromatic rings. The molecule has 3 N–H and O–H groups in total. The molecule has 0 fully saturated rings. The second kappa shape index (κ2) is 70.3. The average Bonchev–Trinajstić information content (AvgIpc) is 3.46. The van der Waals surface area contributed by atoms with E-state index in [9.17, 15) is 19.8 Å². The zero-order valence-corrected chi connectivity index (χ0v) is 54.9. The summed E-state index contributed by atoms with van der Waals surface area (Å²) in [6.45, 7) is 5.01. The molecule has 0 aliphatic heterocycles. The molecule has 2 unspecified atom stereocenters. The number of aliphatic hydroxyl groups is 2. The molecule has 0 rings (SSSR count). The number of rotatable bonds is 71. The van der Waals surface area contributed by atoms with Crippen LogP contribution in [0.2, 0.25) is 0 Å². The highest BCUT2D eigenvalue weighted by Gasteiger charge is 2.20. The quantitative estimate of drug-likeness (QED) is 0.0417. The Kier molecular flexibility index (Phi) is 69.3. The molecule has 0 aromatic heterocycles. The van der Waals surface area contributed by atoms with Crippen LogP contribution in [0.5, 0.6) is 0 Å². The van der Waals surface area contributed by atoms with Crippen molar-refractivity contribution in [3.8, 4) is 0 Å². The Labute approximate surface area is 502 Å². The predicted octanol–water partition coefficient (Wildman–Crippen LogP) is 24.2. The third kappa shape index (κ3) is 66.0. The minimum Gasteiger partial charge on any atom is -0.466 e. The molecule has 0 bridgehead atoms. The van der Waals surface area contributed by atoms with Gasteiger partial charge in [0, 0.05) is 12.8 Å². The van der Waals surface area contributed by atoms with Gasteiger partial charge in [-0.1, -0.05) is 399 Å². The first-order chi connectivity index (χ1) is 39.5. The number of carbonyl (C=O) groups is 2. The Hall–Kier alpha value is -1.14. The Morgan fingerprint density at radius 3 is 0.762 bits per heavy atom. The third-order valence-electron chi connectivity index (χ3n) is 17.9. The maximum atomic E-state index is 12.5. The standard InChI is InChI=1S/C74H147NO5/c1-3-5-7-9-11-13-15-17-19-35-40-44-48-52-56-60-64-68-74(79)80-69-65-61-57-53-49-45-41-37-34-32-30-28-26-24-22-21-23-25-27-29-31-33-36-39-43-47-51-55-59-63-67-73(78)75-71(70-76)72(77)66-62-58-54-50-46-42-38-20-18-16-14-12-10-8-6-4-2/h71-72,76-77H,3-70H2,1-2H3,(H,75,78). The fourth-order valence-electron chi connectivity index (χ4n) is 12.2. The Morgan fingerprint density at radius 1 is 0.300 bits per heavy atom. The van der Waals surface area contributed by atoms with E-state index in [0.29, 0.717) is 25.9 Å². The SMILES string of the molecule is CCCCCCCCCCCCCCCCCCCC(=O)OCCCCCCCCCCCCCCCCCCCCCCCCCCCCCCCCC(=O)NC(CO)C(O)CCCCCCCCCCCCCCCCCC. The monoisotopic (exact) mass is 1130 g/mol. The molecule has 6 heteroatoms. The van der Waals surface area contributed by atoms with Crippen LogP contribution in [0.4, 0.5) is 0 Å². The summed E-state index contributed by atoms with van der Waals surface area (Å²) in [5, 5.41) is 23.4. The van der Waals surface area contributed by atoms with Gasteiger partial charge in [0.1, 0.15) is 0 Å².